The summed E-state index contributed by atoms with van der Waals surface area (Å²) in [7, 11) is 1.92. The average molecular weight is 200 g/mol. The Balaban J connectivity index is 2.11. The molecule has 3 heteroatoms. The first-order valence-corrected chi connectivity index (χ1v) is 5.10. The Hall–Kier alpha value is -1.61. The molecule has 1 aromatic heterocycles. The van der Waals surface area contributed by atoms with Crippen molar-refractivity contribution in [3.05, 3.63) is 41.1 Å². The van der Waals surface area contributed by atoms with E-state index in [0.717, 1.165) is 24.4 Å². The molecule has 3 nitrogen and oxygen atoms in total. The second kappa shape index (κ2) is 3.21. The van der Waals surface area contributed by atoms with Crippen LogP contribution in [0.3, 0.4) is 0 Å². The minimum absolute atomic E-state index is 0.771. The van der Waals surface area contributed by atoms with Gasteiger partial charge in [0.25, 0.3) is 0 Å². The second-order valence-electron chi connectivity index (χ2n) is 3.80. The van der Waals surface area contributed by atoms with Gasteiger partial charge < -0.3 is 9.84 Å². The van der Waals surface area contributed by atoms with E-state index >= 15 is 0 Å². The molecule has 0 radical (unpaired) electrons. The summed E-state index contributed by atoms with van der Waals surface area (Å²) in [5.74, 6) is 0.954. The number of fused-ring (bicyclic) bond motifs is 3. The lowest BCUT2D eigenvalue weighted by molar-refractivity contribution is 0.421. The van der Waals surface area contributed by atoms with E-state index in [2.05, 4.69) is 28.7 Å². The minimum atomic E-state index is 0.771. The van der Waals surface area contributed by atoms with Crippen LogP contribution < -0.4 is 5.32 Å². The fraction of sp³-hybridized carbons (Fsp3) is 0.250. The first kappa shape index (κ1) is 8.68. The number of nitrogens with one attached hydrogen (secondary N) is 1. The van der Waals surface area contributed by atoms with Crippen LogP contribution in [-0.2, 0) is 13.0 Å². The number of hydrogen-bond acceptors (Lipinski definition) is 3. The van der Waals surface area contributed by atoms with E-state index in [9.17, 15) is 0 Å². The summed E-state index contributed by atoms with van der Waals surface area (Å²) >= 11 is 0. The zero-order chi connectivity index (χ0) is 10.3. The van der Waals surface area contributed by atoms with Gasteiger partial charge in [0.15, 0.2) is 5.76 Å². The van der Waals surface area contributed by atoms with Crippen LogP contribution >= 0.6 is 0 Å². The maximum atomic E-state index is 5.40. The van der Waals surface area contributed by atoms with E-state index in [1.165, 1.54) is 16.7 Å². The molecule has 3 rings (SSSR count). The molecule has 0 bridgehead atoms. The number of aromatic nitrogens is 1. The molecule has 1 aliphatic carbocycles. The SMILES string of the molecule is CNCc1noc2c1Cc1ccccc1-2. The molecule has 0 saturated carbocycles. The van der Waals surface area contributed by atoms with Gasteiger partial charge in [0, 0.05) is 24.1 Å². The van der Waals surface area contributed by atoms with Gasteiger partial charge in [-0.05, 0) is 12.6 Å². The highest BCUT2D eigenvalue weighted by atomic mass is 16.5. The van der Waals surface area contributed by atoms with Crippen molar-refractivity contribution in [3.8, 4) is 11.3 Å². The van der Waals surface area contributed by atoms with Crippen LogP contribution in [0.25, 0.3) is 11.3 Å². The van der Waals surface area contributed by atoms with Gasteiger partial charge in [-0.3, -0.25) is 0 Å². The van der Waals surface area contributed by atoms with E-state index in [0.29, 0.717) is 0 Å². The van der Waals surface area contributed by atoms with Gasteiger partial charge in [0.05, 0.1) is 0 Å². The predicted octanol–water partition coefficient (Wildman–Crippen LogP) is 1.97. The van der Waals surface area contributed by atoms with Crippen molar-refractivity contribution in [2.24, 2.45) is 0 Å². The molecule has 0 aliphatic heterocycles. The molecule has 15 heavy (non-hydrogen) atoms. The molecule has 0 amide bonds. The first-order valence-electron chi connectivity index (χ1n) is 5.10. The third-order valence-corrected chi connectivity index (χ3v) is 2.84. The van der Waals surface area contributed by atoms with E-state index in [1.54, 1.807) is 0 Å². The predicted molar refractivity (Wildman–Crippen MR) is 57.5 cm³/mol. The normalized spacial score (nSPS) is 12.6. The van der Waals surface area contributed by atoms with E-state index in [1.807, 2.05) is 13.1 Å². The third-order valence-electron chi connectivity index (χ3n) is 2.84. The van der Waals surface area contributed by atoms with Crippen molar-refractivity contribution in [2.75, 3.05) is 7.05 Å². The monoisotopic (exact) mass is 200 g/mol. The lowest BCUT2D eigenvalue weighted by atomic mass is 10.1. The molecule has 76 valence electrons. The summed E-state index contributed by atoms with van der Waals surface area (Å²) in [5, 5.41) is 7.19. The van der Waals surface area contributed by atoms with Crippen molar-refractivity contribution in [1.82, 2.24) is 10.5 Å². The van der Waals surface area contributed by atoms with Gasteiger partial charge >= 0.3 is 0 Å². The Bertz CT molecular complexity index is 502. The smallest absolute Gasteiger partial charge is 0.170 e. The van der Waals surface area contributed by atoms with E-state index < -0.39 is 0 Å². The Morgan fingerprint density at radius 3 is 3.13 bits per heavy atom. The average Bonchev–Trinajstić information content (AvgIpc) is 2.79. The summed E-state index contributed by atoms with van der Waals surface area (Å²) in [6.45, 7) is 0.771. The summed E-state index contributed by atoms with van der Waals surface area (Å²) in [6.07, 6.45) is 0.950. The van der Waals surface area contributed by atoms with E-state index in [4.69, 9.17) is 4.52 Å². The molecule has 2 aromatic rings. The molecule has 0 saturated heterocycles. The third kappa shape index (κ3) is 1.20. The van der Waals surface area contributed by atoms with Gasteiger partial charge in [-0.15, -0.1) is 0 Å². The molecule has 0 spiro atoms. The maximum absolute atomic E-state index is 5.40. The highest BCUT2D eigenvalue weighted by Gasteiger charge is 2.25. The largest absolute Gasteiger partial charge is 0.356 e. The number of hydrogen-bond donors (Lipinski definition) is 1. The Morgan fingerprint density at radius 2 is 2.27 bits per heavy atom. The molecule has 1 aromatic carbocycles. The second-order valence-corrected chi connectivity index (χ2v) is 3.80. The summed E-state index contributed by atoms with van der Waals surface area (Å²) in [4.78, 5) is 0. The molecule has 1 aliphatic rings. The summed E-state index contributed by atoms with van der Waals surface area (Å²) < 4.78 is 5.40. The number of nitrogens with zero attached hydrogens (tertiary/aromatic N) is 1. The zero-order valence-electron chi connectivity index (χ0n) is 8.58. The van der Waals surface area contributed by atoms with Gasteiger partial charge in [-0.1, -0.05) is 29.4 Å². The van der Waals surface area contributed by atoms with Crippen LogP contribution in [0.2, 0.25) is 0 Å². The van der Waals surface area contributed by atoms with Gasteiger partial charge in [-0.25, -0.2) is 0 Å². The van der Waals surface area contributed by atoms with Crippen molar-refractivity contribution < 1.29 is 4.52 Å². The molecule has 0 atom stereocenters. The standard InChI is InChI=1S/C12H12N2O/c1-13-7-11-10-6-8-4-2-3-5-9(8)12(10)15-14-11/h2-5,13H,6-7H2,1H3. The molecular formula is C12H12N2O. The van der Waals surface area contributed by atoms with Crippen LogP contribution in [0.5, 0.6) is 0 Å². The first-order chi connectivity index (χ1) is 7.40. The number of rotatable bonds is 2. The summed E-state index contributed by atoms with van der Waals surface area (Å²) in [6, 6.07) is 8.34. The molecule has 1 N–H and O–H groups in total. The minimum Gasteiger partial charge on any atom is -0.356 e. The van der Waals surface area contributed by atoms with Crippen molar-refractivity contribution >= 4 is 0 Å². The summed E-state index contributed by atoms with van der Waals surface area (Å²) in [5.41, 5.74) is 4.81. The zero-order valence-corrected chi connectivity index (χ0v) is 8.58. The molecular weight excluding hydrogens is 188 g/mol. The van der Waals surface area contributed by atoms with E-state index in [-0.39, 0.29) is 0 Å². The van der Waals surface area contributed by atoms with Gasteiger partial charge in [-0.2, -0.15) is 0 Å². The quantitative estimate of drug-likeness (QED) is 0.687. The van der Waals surface area contributed by atoms with Crippen LogP contribution in [-0.4, -0.2) is 12.2 Å². The highest BCUT2D eigenvalue weighted by molar-refractivity contribution is 5.72. The molecule has 1 heterocycles. The topological polar surface area (TPSA) is 38.1 Å². The van der Waals surface area contributed by atoms with Crippen molar-refractivity contribution in [3.63, 3.8) is 0 Å². The fourth-order valence-electron chi connectivity index (χ4n) is 2.13. The Labute approximate surface area is 88.1 Å². The molecule has 0 fully saturated rings. The highest BCUT2D eigenvalue weighted by Crippen LogP contribution is 2.37. The maximum Gasteiger partial charge on any atom is 0.170 e. The Morgan fingerprint density at radius 1 is 1.40 bits per heavy atom. The molecule has 0 unspecified atom stereocenters. The van der Waals surface area contributed by atoms with Gasteiger partial charge in [0.1, 0.15) is 5.69 Å². The van der Waals surface area contributed by atoms with Gasteiger partial charge in [0.2, 0.25) is 0 Å². The lowest BCUT2D eigenvalue weighted by Crippen LogP contribution is -2.07. The lowest BCUT2D eigenvalue weighted by Gasteiger charge is -1.96. The van der Waals surface area contributed by atoms with Crippen LogP contribution in [0.1, 0.15) is 16.8 Å². The van der Waals surface area contributed by atoms with Crippen LogP contribution in [0.4, 0.5) is 0 Å². The Kier molecular flexibility index (Phi) is 1.86. The van der Waals surface area contributed by atoms with Crippen LogP contribution in [0.15, 0.2) is 28.8 Å². The van der Waals surface area contributed by atoms with Crippen LogP contribution in [0, 0.1) is 0 Å². The van der Waals surface area contributed by atoms with Crippen molar-refractivity contribution in [2.45, 2.75) is 13.0 Å². The fourth-order valence-corrected chi connectivity index (χ4v) is 2.13. The van der Waals surface area contributed by atoms with Crippen molar-refractivity contribution in [1.29, 1.82) is 0 Å². The number of benzene rings is 1.